The van der Waals surface area contributed by atoms with Crippen molar-refractivity contribution in [2.75, 3.05) is 13.2 Å². The number of carbonyl (C=O) groups excluding carboxylic acids is 1. The number of nitrogens with zero attached hydrogens (tertiary/aromatic N) is 1. The zero-order valence-corrected chi connectivity index (χ0v) is 17.2. The molecule has 5 heteroatoms. The summed E-state index contributed by atoms with van der Waals surface area (Å²) in [6.45, 7) is 10.9. The molecule has 5 rings (SSSR count). The zero-order chi connectivity index (χ0) is 20.1. The van der Waals surface area contributed by atoms with Gasteiger partial charge in [0.1, 0.15) is 11.7 Å². The van der Waals surface area contributed by atoms with Gasteiger partial charge < -0.3 is 14.2 Å². The summed E-state index contributed by atoms with van der Waals surface area (Å²) in [5, 5.41) is 0. The minimum atomic E-state index is -0.855. The molecule has 3 heterocycles. The van der Waals surface area contributed by atoms with Gasteiger partial charge in [-0.1, -0.05) is 18.2 Å². The maximum absolute atomic E-state index is 11.8. The molecule has 0 N–H and O–H groups in total. The maximum atomic E-state index is 11.8. The molecule has 0 spiro atoms. The van der Waals surface area contributed by atoms with Crippen molar-refractivity contribution in [2.45, 2.75) is 52.4 Å². The van der Waals surface area contributed by atoms with Crippen LogP contribution in [0.1, 0.15) is 63.4 Å². The molecular weight excluding hydrogens is 354 g/mol. The van der Waals surface area contributed by atoms with Gasteiger partial charge in [-0.25, -0.2) is 0 Å². The average Bonchev–Trinajstić information content (AvgIpc) is 2.64. The highest BCUT2D eigenvalue weighted by Gasteiger charge is 2.71. The number of aromatic nitrogens is 1. The third kappa shape index (κ3) is 2.39. The van der Waals surface area contributed by atoms with Gasteiger partial charge in [-0.3, -0.25) is 4.79 Å². The van der Waals surface area contributed by atoms with Crippen LogP contribution in [0.15, 0.2) is 42.6 Å². The Morgan fingerprint density at radius 2 is 1.79 bits per heavy atom. The highest BCUT2D eigenvalue weighted by Crippen LogP contribution is 2.63. The Kier molecular flexibility index (Phi) is 4.55. The molecule has 1 aromatic carbocycles. The number of hydrogen-bond donors (Lipinski definition) is 0. The number of benzene rings is 1. The molecular formula is C23H28NO4+. The zero-order valence-electron chi connectivity index (χ0n) is 17.2. The summed E-state index contributed by atoms with van der Waals surface area (Å²) in [5.41, 5.74) is 2.92. The molecule has 28 heavy (non-hydrogen) atoms. The van der Waals surface area contributed by atoms with Gasteiger partial charge >= 0.3 is 5.97 Å². The van der Waals surface area contributed by atoms with E-state index in [4.69, 9.17) is 14.2 Å². The highest BCUT2D eigenvalue weighted by atomic mass is 16.7. The number of pyridine rings is 1. The fourth-order valence-corrected chi connectivity index (χ4v) is 5.29. The van der Waals surface area contributed by atoms with Crippen molar-refractivity contribution in [2.24, 2.45) is 5.41 Å². The highest BCUT2D eigenvalue weighted by molar-refractivity contribution is 5.71. The molecule has 0 saturated carbocycles. The molecule has 1 aliphatic carbocycles. The molecule has 0 saturated heterocycles. The Balaban J connectivity index is 2.07. The van der Waals surface area contributed by atoms with E-state index in [1.54, 1.807) is 0 Å². The summed E-state index contributed by atoms with van der Waals surface area (Å²) in [6.07, 6.45) is 2.12. The van der Waals surface area contributed by atoms with Gasteiger partial charge in [0.15, 0.2) is 23.7 Å². The molecule has 3 aliphatic rings. The Bertz CT molecular complexity index is 915. The van der Waals surface area contributed by atoms with Crippen molar-refractivity contribution < 1.29 is 23.6 Å². The molecule has 2 aromatic rings. The number of ether oxygens (including phenoxy) is 3. The van der Waals surface area contributed by atoms with Crippen molar-refractivity contribution in [1.29, 1.82) is 0 Å². The second-order valence-electron chi connectivity index (χ2n) is 7.98. The third-order valence-corrected chi connectivity index (χ3v) is 6.11. The lowest BCUT2D eigenvalue weighted by Gasteiger charge is -2.57. The van der Waals surface area contributed by atoms with E-state index in [1.165, 1.54) is 6.92 Å². The molecule has 5 nitrogen and oxygen atoms in total. The van der Waals surface area contributed by atoms with Gasteiger partial charge in [0.2, 0.25) is 0 Å². The fourth-order valence-electron chi connectivity index (χ4n) is 5.29. The Morgan fingerprint density at radius 3 is 2.43 bits per heavy atom. The largest absolute Gasteiger partial charge is 0.426 e. The van der Waals surface area contributed by atoms with Gasteiger partial charge in [0.05, 0.1) is 5.41 Å². The summed E-state index contributed by atoms with van der Waals surface area (Å²) in [7, 11) is 0. The van der Waals surface area contributed by atoms with E-state index in [-0.39, 0.29) is 23.3 Å². The van der Waals surface area contributed by atoms with E-state index in [2.05, 4.69) is 42.8 Å². The number of rotatable bonds is 5. The van der Waals surface area contributed by atoms with Gasteiger partial charge in [-0.2, -0.15) is 4.57 Å². The van der Waals surface area contributed by atoms with Crippen molar-refractivity contribution >= 4 is 5.97 Å². The number of carbonyl (C=O) groups is 1. The van der Waals surface area contributed by atoms with Gasteiger partial charge in [0.25, 0.3) is 0 Å². The molecule has 148 valence electrons. The van der Waals surface area contributed by atoms with Crippen molar-refractivity contribution in [3.05, 3.63) is 59.4 Å². The molecule has 2 atom stereocenters. The lowest BCUT2D eigenvalue weighted by molar-refractivity contribution is -0.755. The Hall–Kier alpha value is -2.24. The van der Waals surface area contributed by atoms with E-state index in [0.717, 1.165) is 16.8 Å². The summed E-state index contributed by atoms with van der Waals surface area (Å²) in [6, 6.07) is 12.2. The second-order valence-corrected chi connectivity index (χ2v) is 7.98. The van der Waals surface area contributed by atoms with E-state index in [9.17, 15) is 4.79 Å². The molecule has 0 radical (unpaired) electrons. The number of fused-ring (bicyclic) bond motifs is 1. The van der Waals surface area contributed by atoms with E-state index in [1.807, 2.05) is 32.0 Å². The number of hydrogen-bond acceptors (Lipinski definition) is 4. The van der Waals surface area contributed by atoms with Crippen molar-refractivity contribution in [1.82, 2.24) is 0 Å². The summed E-state index contributed by atoms with van der Waals surface area (Å²) < 4.78 is 20.9. The molecule has 0 unspecified atom stereocenters. The smallest absolute Gasteiger partial charge is 0.308 e. The fraction of sp³-hybridized carbons (Fsp3) is 0.478. The van der Waals surface area contributed by atoms with E-state index in [0.29, 0.717) is 19.0 Å². The molecule has 1 aromatic heterocycles. The standard InChI is InChI=1S/C23H28NO4/c1-6-26-23(27-7-2)20-17-12-8-9-14-24(17)21(22(23,4)5)16-11-10-13-18(19(16)20)28-15(3)25/h8-14,20-21H,6-7H2,1-5H3/q+1/t20-,21+/m1/s1. The summed E-state index contributed by atoms with van der Waals surface area (Å²) in [4.78, 5) is 11.8. The monoisotopic (exact) mass is 382 g/mol. The molecule has 2 bridgehead atoms. The number of esters is 1. The molecule has 0 amide bonds. The second kappa shape index (κ2) is 6.68. The molecule has 0 fully saturated rings. The van der Waals surface area contributed by atoms with Crippen LogP contribution < -0.4 is 9.30 Å². The lowest BCUT2D eigenvalue weighted by atomic mass is 9.57. The minimum Gasteiger partial charge on any atom is -0.426 e. The topological polar surface area (TPSA) is 48.6 Å². The van der Waals surface area contributed by atoms with Crippen molar-refractivity contribution in [3.8, 4) is 5.75 Å². The SMILES string of the molecule is CCOC1(OCC)[C@H]2c3c(OC(C)=O)cccc3[C@H]([n+]3ccccc32)C1(C)C. The van der Waals surface area contributed by atoms with Crippen LogP contribution in [0.4, 0.5) is 0 Å². The average molecular weight is 382 g/mol. The van der Waals surface area contributed by atoms with E-state index < -0.39 is 5.79 Å². The van der Waals surface area contributed by atoms with E-state index >= 15 is 0 Å². The first-order valence-corrected chi connectivity index (χ1v) is 9.98. The summed E-state index contributed by atoms with van der Waals surface area (Å²) in [5.74, 6) is -0.798. The van der Waals surface area contributed by atoms with Crippen molar-refractivity contribution in [3.63, 3.8) is 0 Å². The molecule has 2 aliphatic heterocycles. The van der Waals surface area contributed by atoms with Crippen LogP contribution in [0.2, 0.25) is 0 Å². The van der Waals surface area contributed by atoms with Crippen LogP contribution in [0, 0.1) is 5.41 Å². The first-order valence-electron chi connectivity index (χ1n) is 9.98. The maximum Gasteiger partial charge on any atom is 0.308 e. The van der Waals surface area contributed by atoms with Gasteiger partial charge in [-0.05, 0) is 33.8 Å². The predicted octanol–water partition coefficient (Wildman–Crippen LogP) is 3.74. The van der Waals surface area contributed by atoms with Crippen LogP contribution >= 0.6 is 0 Å². The Morgan fingerprint density at radius 1 is 1.07 bits per heavy atom. The van der Waals surface area contributed by atoms with Gasteiger partial charge in [0, 0.05) is 43.4 Å². The Labute approximate surface area is 166 Å². The van der Waals surface area contributed by atoms with Crippen LogP contribution in [-0.4, -0.2) is 25.0 Å². The third-order valence-electron chi connectivity index (χ3n) is 6.11. The van der Waals surface area contributed by atoms with Crippen LogP contribution in [0.25, 0.3) is 0 Å². The van der Waals surface area contributed by atoms with Gasteiger partial charge in [-0.15, -0.1) is 0 Å². The van der Waals surface area contributed by atoms with Crippen LogP contribution in [0.5, 0.6) is 5.75 Å². The quantitative estimate of drug-likeness (QED) is 0.342. The minimum absolute atomic E-state index is 0.00249. The first kappa shape index (κ1) is 19.1. The van der Waals surface area contributed by atoms with Crippen LogP contribution in [-0.2, 0) is 14.3 Å². The normalized spacial score (nSPS) is 23.0. The lowest BCUT2D eigenvalue weighted by Crippen LogP contribution is -2.71. The summed E-state index contributed by atoms with van der Waals surface area (Å²) >= 11 is 0. The first-order chi connectivity index (χ1) is 13.4. The van der Waals surface area contributed by atoms with Crippen LogP contribution in [0.3, 0.4) is 0 Å². The predicted molar refractivity (Wildman–Crippen MR) is 104 cm³/mol.